The third-order valence-electron chi connectivity index (χ3n) is 3.79. The molecule has 0 spiro atoms. The number of likely N-dealkylation sites (tertiary alicyclic amines) is 1. The minimum atomic E-state index is -0.477. The Hall–Kier alpha value is -0.770. The van der Waals surface area contributed by atoms with E-state index in [0.29, 0.717) is 12.5 Å². The Morgan fingerprint density at radius 1 is 1.31 bits per heavy atom. The van der Waals surface area contributed by atoms with E-state index in [1.807, 2.05) is 20.8 Å². The van der Waals surface area contributed by atoms with Crippen LogP contribution in [0.25, 0.3) is 0 Å². The van der Waals surface area contributed by atoms with Crippen LogP contribution in [-0.4, -0.2) is 68.5 Å². The number of rotatable bonds is 7. The van der Waals surface area contributed by atoms with Gasteiger partial charge in [-0.1, -0.05) is 13.8 Å². The SMILES string of the molecule is CN=C(NCCOCCC(C)C)N1CCC(NC(=O)OC(C)(C)C)C1.I. The van der Waals surface area contributed by atoms with Crippen LogP contribution in [0.3, 0.4) is 0 Å². The van der Waals surface area contributed by atoms with Crippen molar-refractivity contribution in [1.29, 1.82) is 0 Å². The molecule has 1 unspecified atom stereocenters. The van der Waals surface area contributed by atoms with Crippen molar-refractivity contribution in [2.24, 2.45) is 10.9 Å². The summed E-state index contributed by atoms with van der Waals surface area (Å²) in [5.74, 6) is 1.51. The quantitative estimate of drug-likeness (QED) is 0.252. The highest BCUT2D eigenvalue weighted by Gasteiger charge is 2.27. The fourth-order valence-corrected chi connectivity index (χ4v) is 2.53. The summed E-state index contributed by atoms with van der Waals surface area (Å²) < 4.78 is 10.9. The molecule has 0 aromatic carbocycles. The van der Waals surface area contributed by atoms with E-state index >= 15 is 0 Å². The van der Waals surface area contributed by atoms with E-state index in [-0.39, 0.29) is 36.1 Å². The predicted molar refractivity (Wildman–Crippen MR) is 116 cm³/mol. The molecule has 1 rings (SSSR count). The molecule has 7 nitrogen and oxygen atoms in total. The third-order valence-corrected chi connectivity index (χ3v) is 3.79. The topological polar surface area (TPSA) is 75.2 Å². The molecule has 1 saturated heterocycles. The highest BCUT2D eigenvalue weighted by atomic mass is 127. The van der Waals surface area contributed by atoms with Crippen LogP contribution in [-0.2, 0) is 9.47 Å². The first kappa shape index (κ1) is 25.2. The minimum absolute atomic E-state index is 0. The van der Waals surface area contributed by atoms with Crippen LogP contribution in [0.4, 0.5) is 4.79 Å². The number of halogens is 1. The van der Waals surface area contributed by atoms with Gasteiger partial charge in [0, 0.05) is 33.3 Å². The van der Waals surface area contributed by atoms with E-state index in [0.717, 1.165) is 45.0 Å². The average molecular weight is 484 g/mol. The van der Waals surface area contributed by atoms with Crippen LogP contribution in [0.5, 0.6) is 0 Å². The summed E-state index contributed by atoms with van der Waals surface area (Å²) in [7, 11) is 1.77. The number of ether oxygens (including phenoxy) is 2. The zero-order valence-electron chi connectivity index (χ0n) is 17.1. The number of hydrogen-bond acceptors (Lipinski definition) is 4. The first-order chi connectivity index (χ1) is 11.7. The molecule has 26 heavy (non-hydrogen) atoms. The second-order valence-corrected chi connectivity index (χ2v) is 7.85. The Kier molecular flexibility index (Phi) is 12.2. The molecule has 0 bridgehead atoms. The van der Waals surface area contributed by atoms with Crippen molar-refractivity contribution >= 4 is 36.0 Å². The number of nitrogens with zero attached hydrogens (tertiary/aromatic N) is 2. The van der Waals surface area contributed by atoms with Gasteiger partial charge >= 0.3 is 6.09 Å². The van der Waals surface area contributed by atoms with Crippen LogP contribution in [0, 0.1) is 5.92 Å². The molecule has 1 amide bonds. The van der Waals surface area contributed by atoms with Crippen LogP contribution in [0.15, 0.2) is 4.99 Å². The van der Waals surface area contributed by atoms with Gasteiger partial charge < -0.3 is 25.0 Å². The van der Waals surface area contributed by atoms with E-state index in [2.05, 4.69) is 34.4 Å². The van der Waals surface area contributed by atoms with Gasteiger partial charge in [-0.2, -0.15) is 0 Å². The molecule has 0 aromatic rings. The van der Waals surface area contributed by atoms with Gasteiger partial charge in [-0.25, -0.2) is 4.79 Å². The maximum Gasteiger partial charge on any atom is 0.407 e. The maximum atomic E-state index is 11.9. The average Bonchev–Trinajstić information content (AvgIpc) is 2.92. The lowest BCUT2D eigenvalue weighted by atomic mass is 10.1. The summed E-state index contributed by atoms with van der Waals surface area (Å²) >= 11 is 0. The number of carbonyl (C=O) groups excluding carboxylic acids is 1. The summed E-state index contributed by atoms with van der Waals surface area (Å²) in [6, 6.07) is 0.0793. The number of aliphatic imine (C=N–C) groups is 1. The standard InChI is InChI=1S/C18H36N4O3.HI/c1-14(2)8-11-24-12-9-20-16(19-6)22-10-7-15(13-22)21-17(23)25-18(3,4)5;/h14-15H,7-13H2,1-6H3,(H,19,20)(H,21,23);1H. The third kappa shape index (κ3) is 11.1. The summed E-state index contributed by atoms with van der Waals surface area (Å²) in [6.45, 7) is 13.8. The fourth-order valence-electron chi connectivity index (χ4n) is 2.53. The van der Waals surface area contributed by atoms with Crippen molar-refractivity contribution in [2.45, 2.75) is 59.1 Å². The Balaban J connectivity index is 0.00000625. The first-order valence-corrected chi connectivity index (χ1v) is 9.24. The van der Waals surface area contributed by atoms with Gasteiger partial charge in [0.05, 0.1) is 12.6 Å². The first-order valence-electron chi connectivity index (χ1n) is 9.24. The predicted octanol–water partition coefficient (Wildman–Crippen LogP) is 2.84. The molecule has 1 atom stereocenters. The monoisotopic (exact) mass is 484 g/mol. The number of guanidine groups is 1. The van der Waals surface area contributed by atoms with Crippen molar-refractivity contribution < 1.29 is 14.3 Å². The summed E-state index contributed by atoms with van der Waals surface area (Å²) in [5.41, 5.74) is -0.477. The Bertz CT molecular complexity index is 439. The number of amides is 1. The molecule has 0 radical (unpaired) electrons. The summed E-state index contributed by atoms with van der Waals surface area (Å²) in [6.07, 6.45) is 1.60. The smallest absolute Gasteiger partial charge is 0.407 e. The zero-order chi connectivity index (χ0) is 18.9. The van der Waals surface area contributed by atoms with Crippen molar-refractivity contribution in [3.63, 3.8) is 0 Å². The molecule has 1 heterocycles. The Morgan fingerprint density at radius 2 is 2.00 bits per heavy atom. The van der Waals surface area contributed by atoms with Gasteiger partial charge in [0.25, 0.3) is 0 Å². The molecule has 2 N–H and O–H groups in total. The lowest BCUT2D eigenvalue weighted by molar-refractivity contribution is 0.0507. The molecule has 0 aromatic heterocycles. The van der Waals surface area contributed by atoms with Gasteiger partial charge in [0.15, 0.2) is 5.96 Å². The van der Waals surface area contributed by atoms with Crippen molar-refractivity contribution in [1.82, 2.24) is 15.5 Å². The number of alkyl carbamates (subject to hydrolysis) is 1. The van der Waals surface area contributed by atoms with E-state index in [1.165, 1.54) is 0 Å². The lowest BCUT2D eigenvalue weighted by Crippen LogP contribution is -2.44. The largest absolute Gasteiger partial charge is 0.444 e. The minimum Gasteiger partial charge on any atom is -0.444 e. The van der Waals surface area contributed by atoms with E-state index in [9.17, 15) is 4.79 Å². The number of nitrogens with one attached hydrogen (secondary N) is 2. The van der Waals surface area contributed by atoms with Gasteiger partial charge in [0.1, 0.15) is 5.60 Å². The van der Waals surface area contributed by atoms with Crippen molar-refractivity contribution in [3.8, 4) is 0 Å². The van der Waals surface area contributed by atoms with Crippen molar-refractivity contribution in [2.75, 3.05) is 39.9 Å². The Labute approximate surface area is 175 Å². The highest BCUT2D eigenvalue weighted by Crippen LogP contribution is 2.12. The van der Waals surface area contributed by atoms with Crippen LogP contribution in [0.1, 0.15) is 47.5 Å². The van der Waals surface area contributed by atoms with Crippen LogP contribution >= 0.6 is 24.0 Å². The second-order valence-electron chi connectivity index (χ2n) is 7.85. The van der Waals surface area contributed by atoms with E-state index < -0.39 is 5.60 Å². The summed E-state index contributed by atoms with van der Waals surface area (Å²) in [5, 5.41) is 6.25. The van der Waals surface area contributed by atoms with Crippen LogP contribution < -0.4 is 10.6 Å². The van der Waals surface area contributed by atoms with Gasteiger partial charge in [0.2, 0.25) is 0 Å². The van der Waals surface area contributed by atoms with Crippen molar-refractivity contribution in [3.05, 3.63) is 0 Å². The Morgan fingerprint density at radius 3 is 2.58 bits per heavy atom. The van der Waals surface area contributed by atoms with Gasteiger partial charge in [-0.05, 0) is 39.5 Å². The van der Waals surface area contributed by atoms with E-state index in [1.54, 1.807) is 7.05 Å². The highest BCUT2D eigenvalue weighted by molar-refractivity contribution is 14.0. The molecule has 154 valence electrons. The van der Waals surface area contributed by atoms with Crippen LogP contribution in [0.2, 0.25) is 0 Å². The normalized spacial score (nSPS) is 17.9. The van der Waals surface area contributed by atoms with Gasteiger partial charge in [-0.15, -0.1) is 24.0 Å². The fraction of sp³-hybridized carbons (Fsp3) is 0.889. The molecular formula is C18H37IN4O3. The molecule has 1 fully saturated rings. The maximum absolute atomic E-state index is 11.9. The lowest BCUT2D eigenvalue weighted by Gasteiger charge is -2.23. The molecular weight excluding hydrogens is 447 g/mol. The molecule has 8 heteroatoms. The van der Waals surface area contributed by atoms with E-state index in [4.69, 9.17) is 9.47 Å². The van der Waals surface area contributed by atoms with Gasteiger partial charge in [-0.3, -0.25) is 4.99 Å². The molecule has 0 aliphatic carbocycles. The summed E-state index contributed by atoms with van der Waals surface area (Å²) in [4.78, 5) is 18.3. The number of carbonyl (C=O) groups is 1. The molecule has 1 aliphatic heterocycles. The molecule has 0 saturated carbocycles. The zero-order valence-corrected chi connectivity index (χ0v) is 19.5. The second kappa shape index (κ2) is 12.6. The number of hydrogen-bond donors (Lipinski definition) is 2. The molecule has 1 aliphatic rings.